The van der Waals surface area contributed by atoms with Crippen molar-refractivity contribution in [2.75, 3.05) is 49.1 Å². The van der Waals surface area contributed by atoms with Gasteiger partial charge in [0.1, 0.15) is 31.2 Å². The zero-order valence-electron chi connectivity index (χ0n) is 48.9. The quantitative estimate of drug-likeness (QED) is 0.0226. The van der Waals surface area contributed by atoms with E-state index in [9.17, 15) is 9.59 Å². The smallest absolute Gasteiger partial charge is 0.404 e. The van der Waals surface area contributed by atoms with Gasteiger partial charge in [0.25, 0.3) is 0 Å². The molecule has 0 heterocycles. The molecule has 2 N–H and O–H groups in total. The topological polar surface area (TPSA) is 162 Å². The Bertz CT molecular complexity index is 2030. The van der Waals surface area contributed by atoms with Gasteiger partial charge < -0.3 is 57.5 Å². The summed E-state index contributed by atoms with van der Waals surface area (Å²) in [7, 11) is 5.50. The van der Waals surface area contributed by atoms with Crippen molar-refractivity contribution >= 4 is 20.4 Å². The summed E-state index contributed by atoms with van der Waals surface area (Å²) in [5.74, 6) is -0.258. The summed E-state index contributed by atoms with van der Waals surface area (Å²) < 4.78 is 66.5. The Morgan fingerprint density at radius 2 is 1.19 bits per heavy atom. The van der Waals surface area contributed by atoms with E-state index >= 15 is 0 Å². The summed E-state index contributed by atoms with van der Waals surface area (Å²) in [6.07, 6.45) is 9.76. The van der Waals surface area contributed by atoms with Crippen LogP contribution in [0.5, 0.6) is 11.5 Å². The standard InChI is InChI=1S/C60H97NO13Si/c1-20-21-22-41(3)56(73-59(61)63)46(8)55(69-36-48-24-29-50(66-15)30-25-48)44(6)34-40(2)33-43(5)54(72-39-65-14)42(4)23-28-52(71-38-64-13)35-53(74-75(18,19)60(10,11)12)45(7)57(47(9)58(62)68-17)70-37-49-26-31-51(67-16)32-27-49/h20-33,41-47,52-57H,1,34-39H2,2-19H3,(H2,61,63)/b22-21-,28-23-,40-33-/t41-,42-,43-,44-,45-,46-,47+,52+,53-,54-,55+,56-,57-/m0/s1. The fourth-order valence-corrected chi connectivity index (χ4v) is 10.8. The molecule has 0 radical (unpaired) electrons. The Hall–Kier alpha value is -4.32. The molecule has 2 aromatic rings. The van der Waals surface area contributed by atoms with Crippen LogP contribution < -0.4 is 15.2 Å². The maximum Gasteiger partial charge on any atom is 0.404 e. The Morgan fingerprint density at radius 3 is 1.67 bits per heavy atom. The minimum Gasteiger partial charge on any atom is -0.497 e. The van der Waals surface area contributed by atoms with E-state index in [0.29, 0.717) is 19.4 Å². The van der Waals surface area contributed by atoms with Gasteiger partial charge in [-0.15, -0.1) is 0 Å². The van der Waals surface area contributed by atoms with Crippen LogP contribution in [0.4, 0.5) is 4.79 Å². The van der Waals surface area contributed by atoms with Crippen molar-refractivity contribution in [2.24, 2.45) is 47.2 Å². The number of ether oxygens (including phenoxy) is 10. The molecule has 0 aliphatic heterocycles. The minimum atomic E-state index is -2.40. The summed E-state index contributed by atoms with van der Waals surface area (Å²) in [6.45, 7) is 32.3. The molecule has 75 heavy (non-hydrogen) atoms. The fraction of sp³-hybridized carbons (Fsp3) is 0.633. The first-order valence-corrected chi connectivity index (χ1v) is 29.4. The Labute approximate surface area is 453 Å². The normalized spacial score (nSPS) is 17.9. The van der Waals surface area contributed by atoms with Gasteiger partial charge in [0.05, 0.1) is 71.0 Å². The molecule has 13 atom stereocenters. The number of benzene rings is 2. The van der Waals surface area contributed by atoms with Gasteiger partial charge in [0.2, 0.25) is 0 Å². The van der Waals surface area contributed by atoms with E-state index in [1.165, 1.54) is 7.11 Å². The number of hydrogen-bond acceptors (Lipinski definition) is 13. The van der Waals surface area contributed by atoms with Crippen molar-refractivity contribution in [1.82, 2.24) is 0 Å². The number of carbonyl (C=O) groups is 2. The fourth-order valence-electron chi connectivity index (χ4n) is 9.41. The number of methoxy groups -OCH3 is 5. The van der Waals surface area contributed by atoms with Gasteiger partial charge in [-0.1, -0.05) is 135 Å². The third-order valence-electron chi connectivity index (χ3n) is 14.6. The zero-order chi connectivity index (χ0) is 56.5. The maximum absolute atomic E-state index is 13.3. The predicted molar refractivity (Wildman–Crippen MR) is 301 cm³/mol. The Morgan fingerprint density at radius 1 is 0.667 bits per heavy atom. The van der Waals surface area contributed by atoms with E-state index in [4.69, 9.17) is 57.5 Å². The molecule has 2 rings (SSSR count). The molecule has 14 nitrogen and oxygen atoms in total. The average molecular weight is 1070 g/mol. The van der Waals surface area contributed by atoms with E-state index < -0.39 is 38.6 Å². The minimum absolute atomic E-state index is 0.00228. The number of hydrogen-bond donors (Lipinski definition) is 1. The van der Waals surface area contributed by atoms with Gasteiger partial charge in [-0.25, -0.2) is 4.79 Å². The van der Waals surface area contributed by atoms with Crippen molar-refractivity contribution in [2.45, 2.75) is 157 Å². The molecular weight excluding hydrogens is 971 g/mol. The molecule has 0 fully saturated rings. The molecular formula is C60H97NO13Si. The van der Waals surface area contributed by atoms with Crippen molar-refractivity contribution in [3.63, 3.8) is 0 Å². The lowest BCUT2D eigenvalue weighted by molar-refractivity contribution is -0.155. The highest BCUT2D eigenvalue weighted by molar-refractivity contribution is 6.74. The molecule has 0 aliphatic rings. The van der Waals surface area contributed by atoms with E-state index in [-0.39, 0.29) is 85.0 Å². The SMILES string of the molecule is C=C/C=C\[C@H](C)[C@H](OC(N)=O)[C@@H](C)[C@H](OCc1ccc(OC)cc1)[C@@H](C)C/C(C)=C\[C@H](C)[C@@H](OCOC)[C@@H](C)/C=C\[C@H](C[C@H](O[Si](C)(C)C(C)(C)C)[C@H](C)[C@H](OCc1ccc(OC)cc1)[C@@H](C)C(=O)OC)OCOC. The van der Waals surface area contributed by atoms with Gasteiger partial charge in [0, 0.05) is 50.2 Å². The monoisotopic (exact) mass is 1070 g/mol. The van der Waals surface area contributed by atoms with Gasteiger partial charge in [0.15, 0.2) is 8.32 Å². The summed E-state index contributed by atoms with van der Waals surface area (Å²) in [6, 6.07) is 15.5. The number of primary amides is 1. The van der Waals surface area contributed by atoms with E-state index in [1.54, 1.807) is 34.5 Å². The second-order valence-electron chi connectivity index (χ2n) is 21.8. The Kier molecular flexibility index (Phi) is 30.1. The maximum atomic E-state index is 13.3. The van der Waals surface area contributed by atoms with Gasteiger partial charge >= 0.3 is 12.1 Å². The molecule has 424 valence electrons. The van der Waals surface area contributed by atoms with E-state index in [2.05, 4.69) is 100 Å². The lowest BCUT2D eigenvalue weighted by atomic mass is 9.81. The van der Waals surface area contributed by atoms with Crippen molar-refractivity contribution in [3.05, 3.63) is 108 Å². The van der Waals surface area contributed by atoms with Crippen LogP contribution in [0.1, 0.15) is 100 Å². The third kappa shape index (κ3) is 22.7. The van der Waals surface area contributed by atoms with Crippen LogP contribution in [-0.2, 0) is 60.3 Å². The summed E-state index contributed by atoms with van der Waals surface area (Å²) in [5.41, 5.74) is 8.74. The molecule has 0 spiro atoms. The van der Waals surface area contributed by atoms with Crippen molar-refractivity contribution in [3.8, 4) is 11.5 Å². The first-order valence-electron chi connectivity index (χ1n) is 26.4. The van der Waals surface area contributed by atoms with Crippen LogP contribution in [0.15, 0.2) is 97.1 Å². The number of carbonyl (C=O) groups excluding carboxylic acids is 2. The molecule has 0 bridgehead atoms. The average Bonchev–Trinajstić information content (AvgIpc) is 3.37. The third-order valence-corrected chi connectivity index (χ3v) is 19.1. The molecule has 15 heteroatoms. The molecule has 1 amide bonds. The summed E-state index contributed by atoms with van der Waals surface area (Å²) in [5, 5.41) is -0.107. The van der Waals surface area contributed by atoms with Crippen LogP contribution >= 0.6 is 0 Å². The molecule has 0 saturated carbocycles. The second-order valence-corrected chi connectivity index (χ2v) is 26.5. The first kappa shape index (κ1) is 66.8. The van der Waals surface area contributed by atoms with Crippen LogP contribution in [-0.4, -0.2) is 106 Å². The lowest BCUT2D eigenvalue weighted by Crippen LogP contribution is -2.49. The Balaban J connectivity index is 2.55. The molecule has 0 unspecified atom stereocenters. The number of allylic oxidation sites excluding steroid dienone is 3. The van der Waals surface area contributed by atoms with Crippen LogP contribution in [0.3, 0.4) is 0 Å². The van der Waals surface area contributed by atoms with Crippen LogP contribution in [0, 0.1) is 41.4 Å². The predicted octanol–water partition coefficient (Wildman–Crippen LogP) is 12.7. The van der Waals surface area contributed by atoms with Crippen molar-refractivity contribution < 1.29 is 61.4 Å². The first-order chi connectivity index (χ1) is 35.4. The van der Waals surface area contributed by atoms with Gasteiger partial charge in [-0.05, 0) is 79.7 Å². The van der Waals surface area contributed by atoms with Gasteiger partial charge in [-0.2, -0.15) is 0 Å². The number of nitrogens with two attached hydrogens (primary N) is 1. The zero-order valence-corrected chi connectivity index (χ0v) is 49.9. The second kappa shape index (κ2) is 33.8. The highest BCUT2D eigenvalue weighted by Gasteiger charge is 2.44. The van der Waals surface area contributed by atoms with Gasteiger partial charge in [-0.3, -0.25) is 4.79 Å². The molecule has 0 saturated heterocycles. The number of amides is 1. The van der Waals surface area contributed by atoms with Crippen molar-refractivity contribution in [1.29, 1.82) is 0 Å². The lowest BCUT2D eigenvalue weighted by Gasteiger charge is -2.43. The van der Waals surface area contributed by atoms with Crippen LogP contribution in [0.2, 0.25) is 18.1 Å². The van der Waals surface area contributed by atoms with E-state index in [0.717, 1.165) is 28.2 Å². The number of rotatable bonds is 36. The summed E-state index contributed by atoms with van der Waals surface area (Å²) >= 11 is 0. The highest BCUT2D eigenvalue weighted by Crippen LogP contribution is 2.40. The molecule has 0 aromatic heterocycles. The highest BCUT2D eigenvalue weighted by atomic mass is 28.4. The largest absolute Gasteiger partial charge is 0.497 e. The number of esters is 1. The van der Waals surface area contributed by atoms with Crippen LogP contribution in [0.25, 0.3) is 0 Å². The van der Waals surface area contributed by atoms with E-state index in [1.807, 2.05) is 74.5 Å². The molecule has 0 aliphatic carbocycles. The molecule has 2 aromatic carbocycles. The summed E-state index contributed by atoms with van der Waals surface area (Å²) in [4.78, 5) is 25.6.